The van der Waals surface area contributed by atoms with Crippen molar-refractivity contribution >= 4 is 0 Å². The average Bonchev–Trinajstić information content (AvgIpc) is 2.47. The van der Waals surface area contributed by atoms with Crippen LogP contribution in [0.15, 0.2) is 0 Å². The second-order valence-electron chi connectivity index (χ2n) is 6.03. The van der Waals surface area contributed by atoms with Crippen LogP contribution in [0.4, 0.5) is 0 Å². The highest BCUT2D eigenvalue weighted by Gasteiger charge is 2.22. The zero-order valence-corrected chi connectivity index (χ0v) is 12.7. The molecular formula is C15H32N2O. The Morgan fingerprint density at radius 3 is 2.78 bits per heavy atom. The van der Waals surface area contributed by atoms with Crippen molar-refractivity contribution in [3.05, 3.63) is 0 Å². The van der Waals surface area contributed by atoms with Crippen LogP contribution in [0.25, 0.3) is 0 Å². The van der Waals surface area contributed by atoms with Gasteiger partial charge in [0.05, 0.1) is 6.61 Å². The van der Waals surface area contributed by atoms with Crippen LogP contribution in [0.2, 0.25) is 0 Å². The Labute approximate surface area is 113 Å². The predicted molar refractivity (Wildman–Crippen MR) is 78.0 cm³/mol. The Bertz CT molecular complexity index is 209. The first-order valence-corrected chi connectivity index (χ1v) is 7.68. The first kappa shape index (κ1) is 15.9. The smallest absolute Gasteiger partial charge is 0.0593 e. The molecule has 1 N–H and O–H groups in total. The van der Waals surface area contributed by atoms with Gasteiger partial charge >= 0.3 is 0 Å². The monoisotopic (exact) mass is 256 g/mol. The van der Waals surface area contributed by atoms with Crippen LogP contribution >= 0.6 is 0 Å². The highest BCUT2D eigenvalue weighted by atomic mass is 16.5. The molecule has 2 unspecified atom stereocenters. The van der Waals surface area contributed by atoms with E-state index in [2.05, 4.69) is 37.9 Å². The average molecular weight is 256 g/mol. The Balaban J connectivity index is 2.36. The van der Waals surface area contributed by atoms with Crippen molar-refractivity contribution in [1.82, 2.24) is 10.2 Å². The first-order chi connectivity index (χ1) is 8.63. The van der Waals surface area contributed by atoms with Crippen LogP contribution in [0.3, 0.4) is 0 Å². The van der Waals surface area contributed by atoms with E-state index in [0.29, 0.717) is 12.1 Å². The van der Waals surface area contributed by atoms with E-state index in [4.69, 9.17) is 4.74 Å². The molecule has 0 spiro atoms. The van der Waals surface area contributed by atoms with Crippen molar-refractivity contribution in [1.29, 1.82) is 0 Å². The molecule has 0 bridgehead atoms. The molecular weight excluding hydrogens is 224 g/mol. The van der Waals surface area contributed by atoms with Crippen molar-refractivity contribution in [2.24, 2.45) is 5.92 Å². The number of rotatable bonds is 7. The topological polar surface area (TPSA) is 24.5 Å². The Morgan fingerprint density at radius 2 is 2.11 bits per heavy atom. The summed E-state index contributed by atoms with van der Waals surface area (Å²) in [4.78, 5) is 2.60. The number of ether oxygens (including phenoxy) is 1. The molecule has 0 aliphatic carbocycles. The molecule has 108 valence electrons. The van der Waals surface area contributed by atoms with E-state index in [1.165, 1.54) is 19.4 Å². The molecule has 1 heterocycles. The minimum Gasteiger partial charge on any atom is -0.380 e. The van der Waals surface area contributed by atoms with Crippen LogP contribution in [-0.4, -0.2) is 49.8 Å². The lowest BCUT2D eigenvalue weighted by atomic mass is 10.0. The largest absolute Gasteiger partial charge is 0.380 e. The molecule has 3 heteroatoms. The van der Waals surface area contributed by atoms with Gasteiger partial charge in [-0.25, -0.2) is 0 Å². The molecule has 3 nitrogen and oxygen atoms in total. The molecule has 0 saturated carbocycles. The minimum absolute atomic E-state index is 0.654. The maximum absolute atomic E-state index is 5.63. The fraction of sp³-hybridized carbons (Fsp3) is 1.00. The first-order valence-electron chi connectivity index (χ1n) is 7.68. The van der Waals surface area contributed by atoms with Gasteiger partial charge in [-0.1, -0.05) is 20.8 Å². The standard InChI is InChI=1S/C15H32N2O/c1-5-9-18-10-8-17-12-15(11-13(2)3)16-7-6-14(17)4/h13-16H,5-12H2,1-4H3. The summed E-state index contributed by atoms with van der Waals surface area (Å²) in [6.07, 6.45) is 3.65. The summed E-state index contributed by atoms with van der Waals surface area (Å²) in [5, 5.41) is 3.69. The Kier molecular flexibility index (Phi) is 7.87. The van der Waals surface area contributed by atoms with Gasteiger partial charge in [-0.2, -0.15) is 0 Å². The minimum atomic E-state index is 0.654. The van der Waals surface area contributed by atoms with E-state index in [1.807, 2.05) is 0 Å². The van der Waals surface area contributed by atoms with Gasteiger partial charge in [0.25, 0.3) is 0 Å². The predicted octanol–water partition coefficient (Wildman–Crippen LogP) is 2.51. The van der Waals surface area contributed by atoms with Gasteiger partial charge in [0, 0.05) is 31.8 Å². The summed E-state index contributed by atoms with van der Waals surface area (Å²) in [6.45, 7) is 14.3. The fourth-order valence-electron chi connectivity index (χ4n) is 2.67. The van der Waals surface area contributed by atoms with Crippen molar-refractivity contribution in [2.45, 2.75) is 59.0 Å². The lowest BCUT2D eigenvalue weighted by Gasteiger charge is -2.29. The summed E-state index contributed by atoms with van der Waals surface area (Å²) in [7, 11) is 0. The third-order valence-electron chi connectivity index (χ3n) is 3.70. The van der Waals surface area contributed by atoms with Crippen molar-refractivity contribution in [3.63, 3.8) is 0 Å². The van der Waals surface area contributed by atoms with Crippen LogP contribution in [0.5, 0.6) is 0 Å². The third kappa shape index (κ3) is 6.17. The highest BCUT2D eigenvalue weighted by molar-refractivity contribution is 4.81. The van der Waals surface area contributed by atoms with Crippen LogP contribution in [0.1, 0.15) is 47.0 Å². The van der Waals surface area contributed by atoms with E-state index in [9.17, 15) is 0 Å². The van der Waals surface area contributed by atoms with Crippen LogP contribution < -0.4 is 5.32 Å². The highest BCUT2D eigenvalue weighted by Crippen LogP contribution is 2.13. The van der Waals surface area contributed by atoms with Crippen molar-refractivity contribution in [3.8, 4) is 0 Å². The summed E-state index contributed by atoms with van der Waals surface area (Å²) in [6, 6.07) is 1.33. The van der Waals surface area contributed by atoms with Gasteiger partial charge in [0.2, 0.25) is 0 Å². The van der Waals surface area contributed by atoms with E-state index >= 15 is 0 Å². The Morgan fingerprint density at radius 1 is 1.33 bits per heavy atom. The fourth-order valence-corrected chi connectivity index (χ4v) is 2.67. The van der Waals surface area contributed by atoms with Gasteiger partial charge in [0.1, 0.15) is 0 Å². The number of nitrogens with zero attached hydrogens (tertiary/aromatic N) is 1. The molecule has 0 aromatic carbocycles. The van der Waals surface area contributed by atoms with Gasteiger partial charge in [0.15, 0.2) is 0 Å². The molecule has 18 heavy (non-hydrogen) atoms. The van der Waals surface area contributed by atoms with Crippen molar-refractivity contribution < 1.29 is 4.74 Å². The third-order valence-corrected chi connectivity index (χ3v) is 3.70. The zero-order valence-electron chi connectivity index (χ0n) is 12.7. The summed E-state index contributed by atoms with van der Waals surface area (Å²) in [5.74, 6) is 0.772. The van der Waals surface area contributed by atoms with Gasteiger partial charge in [-0.05, 0) is 38.6 Å². The second-order valence-corrected chi connectivity index (χ2v) is 6.03. The Hall–Kier alpha value is -0.120. The molecule has 2 atom stereocenters. The molecule has 0 aromatic heterocycles. The van der Waals surface area contributed by atoms with Gasteiger partial charge in [-0.15, -0.1) is 0 Å². The summed E-state index contributed by atoms with van der Waals surface area (Å²) in [5.41, 5.74) is 0. The molecule has 1 saturated heterocycles. The lowest BCUT2D eigenvalue weighted by Crippen LogP contribution is -2.42. The molecule has 0 amide bonds. The van der Waals surface area contributed by atoms with Crippen molar-refractivity contribution in [2.75, 3.05) is 32.8 Å². The number of hydrogen-bond donors (Lipinski definition) is 1. The molecule has 1 aliphatic rings. The zero-order chi connectivity index (χ0) is 13.4. The lowest BCUT2D eigenvalue weighted by molar-refractivity contribution is 0.0881. The number of nitrogens with one attached hydrogen (secondary N) is 1. The summed E-state index contributed by atoms with van der Waals surface area (Å²) < 4.78 is 5.63. The molecule has 0 radical (unpaired) electrons. The SMILES string of the molecule is CCCOCCN1CC(CC(C)C)NCCC1C. The number of hydrogen-bond acceptors (Lipinski definition) is 3. The molecule has 1 aliphatic heterocycles. The maximum atomic E-state index is 5.63. The normalized spacial score (nSPS) is 26.5. The van der Waals surface area contributed by atoms with Gasteiger partial charge < -0.3 is 10.1 Å². The van der Waals surface area contributed by atoms with E-state index in [1.54, 1.807) is 0 Å². The second kappa shape index (κ2) is 8.89. The molecule has 1 rings (SSSR count). The van der Waals surface area contributed by atoms with Crippen LogP contribution in [-0.2, 0) is 4.74 Å². The van der Waals surface area contributed by atoms with E-state index in [0.717, 1.165) is 38.6 Å². The quantitative estimate of drug-likeness (QED) is 0.708. The van der Waals surface area contributed by atoms with Crippen LogP contribution in [0, 0.1) is 5.92 Å². The maximum Gasteiger partial charge on any atom is 0.0593 e. The molecule has 0 aromatic rings. The molecule has 1 fully saturated rings. The van der Waals surface area contributed by atoms with E-state index < -0.39 is 0 Å². The van der Waals surface area contributed by atoms with E-state index in [-0.39, 0.29) is 0 Å². The summed E-state index contributed by atoms with van der Waals surface area (Å²) >= 11 is 0. The van der Waals surface area contributed by atoms with Gasteiger partial charge in [-0.3, -0.25) is 4.90 Å².